The number of hydrogen-bond acceptors (Lipinski definition) is 5. The number of hydrogen-bond donors (Lipinski definition) is 2. The summed E-state index contributed by atoms with van der Waals surface area (Å²) >= 11 is 24.0. The number of halogens is 4. The second-order valence-electron chi connectivity index (χ2n) is 7.23. The van der Waals surface area contributed by atoms with Crippen molar-refractivity contribution >= 4 is 73.7 Å². The lowest BCUT2D eigenvalue weighted by molar-refractivity contribution is 0.102. The number of carbonyl (C=O) groups is 1. The van der Waals surface area contributed by atoms with Crippen LogP contribution < -0.4 is 14.8 Å². The number of amides is 1. The van der Waals surface area contributed by atoms with Gasteiger partial charge in [-0.1, -0.05) is 58.5 Å². The van der Waals surface area contributed by atoms with E-state index in [0.717, 1.165) is 0 Å². The molecule has 1 heterocycles. The fraction of sp³-hybridized carbons (Fsp3) is 0. The molecule has 1 amide bonds. The van der Waals surface area contributed by atoms with Gasteiger partial charge in [0.1, 0.15) is 16.7 Å². The topological polar surface area (TPSA) is 97.4 Å². The Morgan fingerprint density at radius 3 is 2.22 bits per heavy atom. The molecule has 36 heavy (non-hydrogen) atoms. The van der Waals surface area contributed by atoms with E-state index in [9.17, 15) is 13.2 Å². The molecule has 184 valence electrons. The largest absolute Gasteiger partial charge is 0.456 e. The highest BCUT2D eigenvalue weighted by Gasteiger charge is 2.20. The maximum Gasteiger partial charge on any atom is 0.261 e. The maximum atomic E-state index is 13.1. The Morgan fingerprint density at radius 2 is 1.53 bits per heavy atom. The summed E-state index contributed by atoms with van der Waals surface area (Å²) in [7, 11) is -4.08. The molecule has 0 spiro atoms. The van der Waals surface area contributed by atoms with Gasteiger partial charge in [-0.2, -0.15) is 0 Å². The summed E-state index contributed by atoms with van der Waals surface area (Å²) in [6.07, 6.45) is 0. The van der Waals surface area contributed by atoms with Gasteiger partial charge in [-0.05, 0) is 66.7 Å². The summed E-state index contributed by atoms with van der Waals surface area (Å²) in [5, 5.41) is 3.33. The van der Waals surface area contributed by atoms with E-state index in [0.29, 0.717) is 16.5 Å². The van der Waals surface area contributed by atoms with Crippen molar-refractivity contribution < 1.29 is 17.9 Å². The second-order valence-corrected chi connectivity index (χ2v) is 10.5. The Hall–Kier alpha value is -3.01. The molecule has 0 aliphatic carbocycles. The van der Waals surface area contributed by atoms with Gasteiger partial charge in [-0.3, -0.25) is 9.52 Å². The number of nitrogens with one attached hydrogen (secondary N) is 2. The average Bonchev–Trinajstić information content (AvgIpc) is 2.83. The Balaban J connectivity index is 1.56. The minimum Gasteiger partial charge on any atom is -0.456 e. The molecule has 1 aromatic heterocycles. The van der Waals surface area contributed by atoms with Crippen LogP contribution in [0.4, 0.5) is 11.4 Å². The highest BCUT2D eigenvalue weighted by atomic mass is 35.5. The summed E-state index contributed by atoms with van der Waals surface area (Å²) in [6.45, 7) is 0. The molecule has 0 bridgehead atoms. The zero-order valence-corrected chi connectivity index (χ0v) is 21.8. The minimum atomic E-state index is -4.08. The van der Waals surface area contributed by atoms with Crippen LogP contribution >= 0.6 is 46.4 Å². The smallest absolute Gasteiger partial charge is 0.261 e. The molecule has 0 saturated carbocycles. The molecule has 0 unspecified atom stereocenters. The third-order valence-electron chi connectivity index (χ3n) is 4.73. The van der Waals surface area contributed by atoms with E-state index in [1.54, 1.807) is 24.3 Å². The second kappa shape index (κ2) is 10.9. The summed E-state index contributed by atoms with van der Waals surface area (Å²) in [4.78, 5) is 16.7. The summed E-state index contributed by atoms with van der Waals surface area (Å²) in [6, 6.07) is 19.7. The zero-order chi connectivity index (χ0) is 25.9. The lowest BCUT2D eigenvalue weighted by atomic mass is 10.1. The maximum absolute atomic E-state index is 13.1. The number of ether oxygens (including phenoxy) is 1. The van der Waals surface area contributed by atoms with Crippen LogP contribution in [0.5, 0.6) is 11.5 Å². The van der Waals surface area contributed by atoms with E-state index < -0.39 is 15.9 Å². The minimum absolute atomic E-state index is 0.00587. The molecular formula is C24H15Cl4N3O4S. The third kappa shape index (κ3) is 6.21. The molecule has 0 aliphatic heterocycles. The zero-order valence-electron chi connectivity index (χ0n) is 18.0. The van der Waals surface area contributed by atoms with Gasteiger partial charge in [0.05, 0.1) is 26.9 Å². The molecule has 0 aliphatic rings. The van der Waals surface area contributed by atoms with Crippen molar-refractivity contribution in [3.05, 3.63) is 105 Å². The van der Waals surface area contributed by atoms with Crippen LogP contribution in [0, 0.1) is 0 Å². The van der Waals surface area contributed by atoms with Crippen molar-refractivity contribution in [3.63, 3.8) is 0 Å². The van der Waals surface area contributed by atoms with Crippen molar-refractivity contribution in [2.45, 2.75) is 4.90 Å². The van der Waals surface area contributed by atoms with Crippen LogP contribution in [0.15, 0.2) is 83.8 Å². The van der Waals surface area contributed by atoms with Crippen LogP contribution in [-0.2, 0) is 10.0 Å². The van der Waals surface area contributed by atoms with Crippen molar-refractivity contribution in [2.24, 2.45) is 0 Å². The molecule has 7 nitrogen and oxygen atoms in total. The average molecular weight is 583 g/mol. The van der Waals surface area contributed by atoms with Crippen LogP contribution in [0.3, 0.4) is 0 Å². The first-order valence-electron chi connectivity index (χ1n) is 10.1. The van der Waals surface area contributed by atoms with Gasteiger partial charge in [0, 0.05) is 5.02 Å². The fourth-order valence-corrected chi connectivity index (χ4v) is 4.85. The van der Waals surface area contributed by atoms with Gasteiger partial charge in [-0.15, -0.1) is 0 Å². The standard InChI is InChI=1S/C24H15Cl4N3O4S/c25-14-5-10-19(17(13-14)24(32)29-20-11-12-22(27)30-23(20)28)31-36(33,34)16-8-6-15(7-9-16)35-21-4-2-1-3-18(21)26/h1-13,31H,(H,29,32). The number of aromatic nitrogens is 1. The van der Waals surface area contributed by atoms with Crippen molar-refractivity contribution in [2.75, 3.05) is 10.0 Å². The van der Waals surface area contributed by atoms with Crippen LogP contribution in [0.25, 0.3) is 0 Å². The van der Waals surface area contributed by atoms with Gasteiger partial charge < -0.3 is 10.1 Å². The SMILES string of the molecule is O=C(Nc1ccc(Cl)nc1Cl)c1cc(Cl)ccc1NS(=O)(=O)c1ccc(Oc2ccccc2Cl)cc1. The molecule has 2 N–H and O–H groups in total. The first-order valence-corrected chi connectivity index (χ1v) is 13.1. The Bertz CT molecular complexity index is 1550. The quantitative estimate of drug-likeness (QED) is 0.219. The van der Waals surface area contributed by atoms with Gasteiger partial charge >= 0.3 is 0 Å². The summed E-state index contributed by atoms with van der Waals surface area (Å²) in [5.74, 6) is 0.160. The number of para-hydroxylation sites is 1. The van der Waals surface area contributed by atoms with E-state index in [1.807, 2.05) is 0 Å². The molecular weight excluding hydrogens is 568 g/mol. The molecule has 4 rings (SSSR count). The Morgan fingerprint density at radius 1 is 0.833 bits per heavy atom. The first kappa shape index (κ1) is 26.1. The van der Waals surface area contributed by atoms with Gasteiger partial charge in [0.2, 0.25) is 0 Å². The Kier molecular flexibility index (Phi) is 7.92. The Labute approximate surface area is 227 Å². The van der Waals surface area contributed by atoms with Crippen molar-refractivity contribution in [3.8, 4) is 11.5 Å². The highest BCUT2D eigenvalue weighted by Crippen LogP contribution is 2.30. The number of nitrogens with zero attached hydrogens (tertiary/aromatic N) is 1. The lowest BCUT2D eigenvalue weighted by Gasteiger charge is -2.14. The predicted octanol–water partition coefficient (Wildman–Crippen LogP) is 7.54. The number of anilines is 2. The van der Waals surface area contributed by atoms with Crippen LogP contribution in [-0.4, -0.2) is 19.3 Å². The monoisotopic (exact) mass is 581 g/mol. The number of benzene rings is 3. The molecule has 0 atom stereocenters. The molecule has 12 heteroatoms. The van der Waals surface area contributed by atoms with Gasteiger partial charge in [0.25, 0.3) is 15.9 Å². The van der Waals surface area contributed by atoms with Crippen LogP contribution in [0.1, 0.15) is 10.4 Å². The van der Waals surface area contributed by atoms with E-state index in [-0.39, 0.29) is 37.2 Å². The number of pyridine rings is 1. The fourth-order valence-electron chi connectivity index (χ4n) is 3.03. The molecule has 0 fully saturated rings. The van der Waals surface area contributed by atoms with Gasteiger partial charge in [-0.25, -0.2) is 13.4 Å². The molecule has 4 aromatic rings. The third-order valence-corrected chi connectivity index (χ3v) is 7.16. The van der Waals surface area contributed by atoms with E-state index in [2.05, 4.69) is 15.0 Å². The number of carbonyl (C=O) groups excluding carboxylic acids is 1. The lowest BCUT2D eigenvalue weighted by Crippen LogP contribution is -2.19. The number of rotatable bonds is 7. The molecule has 0 radical (unpaired) electrons. The van der Waals surface area contributed by atoms with Gasteiger partial charge in [0.15, 0.2) is 5.15 Å². The van der Waals surface area contributed by atoms with Crippen LogP contribution in [0.2, 0.25) is 20.4 Å². The van der Waals surface area contributed by atoms with E-state index in [1.165, 1.54) is 54.6 Å². The molecule has 0 saturated heterocycles. The normalized spacial score (nSPS) is 11.1. The van der Waals surface area contributed by atoms with Crippen molar-refractivity contribution in [1.29, 1.82) is 0 Å². The van der Waals surface area contributed by atoms with Crippen molar-refractivity contribution in [1.82, 2.24) is 4.98 Å². The number of sulfonamides is 1. The first-order chi connectivity index (χ1) is 17.1. The predicted molar refractivity (Wildman–Crippen MR) is 142 cm³/mol. The van der Waals surface area contributed by atoms with E-state index in [4.69, 9.17) is 51.1 Å². The molecule has 3 aromatic carbocycles. The summed E-state index contributed by atoms with van der Waals surface area (Å²) in [5.41, 5.74) is 0.163. The highest BCUT2D eigenvalue weighted by molar-refractivity contribution is 7.92. The summed E-state index contributed by atoms with van der Waals surface area (Å²) < 4.78 is 34.2. The van der Waals surface area contributed by atoms with E-state index >= 15 is 0 Å².